The highest BCUT2D eigenvalue weighted by molar-refractivity contribution is 5.95. The van der Waals surface area contributed by atoms with Gasteiger partial charge in [-0.05, 0) is 41.5 Å². The number of carbonyl (C=O) groups is 1. The Morgan fingerprint density at radius 2 is 1.78 bits per heavy atom. The third-order valence-corrected chi connectivity index (χ3v) is 3.49. The molecule has 4 heteroatoms. The summed E-state index contributed by atoms with van der Waals surface area (Å²) in [5, 5.41) is 2.84. The Bertz CT molecular complexity index is 801. The lowest BCUT2D eigenvalue weighted by molar-refractivity contribution is 0.0951. The van der Waals surface area contributed by atoms with Gasteiger partial charge in [0, 0.05) is 30.1 Å². The van der Waals surface area contributed by atoms with E-state index in [-0.39, 0.29) is 11.7 Å². The first-order valence-electron chi connectivity index (χ1n) is 7.25. The molecule has 0 aliphatic rings. The maximum absolute atomic E-state index is 12.9. The van der Waals surface area contributed by atoms with Crippen molar-refractivity contribution in [2.75, 3.05) is 0 Å². The highest BCUT2D eigenvalue weighted by Gasteiger charge is 2.07. The fraction of sp³-hybridized carbons (Fsp3) is 0.0526. The third-order valence-electron chi connectivity index (χ3n) is 3.49. The van der Waals surface area contributed by atoms with Crippen molar-refractivity contribution in [1.82, 2.24) is 10.3 Å². The summed E-state index contributed by atoms with van der Waals surface area (Å²) in [6.45, 7) is 0.357. The molecule has 0 bridgehead atoms. The van der Waals surface area contributed by atoms with Crippen LogP contribution >= 0.6 is 0 Å². The first-order chi connectivity index (χ1) is 11.2. The van der Waals surface area contributed by atoms with Gasteiger partial charge in [-0.3, -0.25) is 9.78 Å². The molecule has 1 N–H and O–H groups in total. The van der Waals surface area contributed by atoms with Gasteiger partial charge < -0.3 is 5.32 Å². The van der Waals surface area contributed by atoms with Gasteiger partial charge in [0.2, 0.25) is 0 Å². The van der Waals surface area contributed by atoms with E-state index in [0.29, 0.717) is 12.1 Å². The van der Waals surface area contributed by atoms with Crippen LogP contribution in [0.1, 0.15) is 15.9 Å². The van der Waals surface area contributed by atoms with E-state index < -0.39 is 0 Å². The molecule has 3 rings (SSSR count). The fourth-order valence-electron chi connectivity index (χ4n) is 2.26. The number of benzene rings is 2. The average molecular weight is 306 g/mol. The molecule has 0 saturated heterocycles. The van der Waals surface area contributed by atoms with E-state index in [1.54, 1.807) is 30.6 Å². The number of halogens is 1. The van der Waals surface area contributed by atoms with Crippen molar-refractivity contribution in [3.8, 4) is 11.1 Å². The zero-order chi connectivity index (χ0) is 16.1. The normalized spacial score (nSPS) is 10.3. The Morgan fingerprint density at radius 3 is 2.52 bits per heavy atom. The number of nitrogens with one attached hydrogen (secondary N) is 1. The largest absolute Gasteiger partial charge is 0.348 e. The summed E-state index contributed by atoms with van der Waals surface area (Å²) < 4.78 is 12.9. The van der Waals surface area contributed by atoms with Crippen LogP contribution in [0.3, 0.4) is 0 Å². The van der Waals surface area contributed by atoms with Crippen LogP contribution in [0.5, 0.6) is 0 Å². The summed E-state index contributed by atoms with van der Waals surface area (Å²) in [6, 6.07) is 17.2. The van der Waals surface area contributed by atoms with Gasteiger partial charge in [-0.2, -0.15) is 0 Å². The van der Waals surface area contributed by atoms with Crippen LogP contribution in [-0.2, 0) is 6.54 Å². The lowest BCUT2D eigenvalue weighted by Gasteiger charge is -2.07. The van der Waals surface area contributed by atoms with Crippen molar-refractivity contribution in [1.29, 1.82) is 0 Å². The molecule has 23 heavy (non-hydrogen) atoms. The second-order valence-corrected chi connectivity index (χ2v) is 5.13. The van der Waals surface area contributed by atoms with Gasteiger partial charge in [0.15, 0.2) is 0 Å². The summed E-state index contributed by atoms with van der Waals surface area (Å²) in [5.74, 6) is -0.454. The van der Waals surface area contributed by atoms with Crippen molar-refractivity contribution in [2.45, 2.75) is 6.54 Å². The number of aromatic nitrogens is 1. The number of pyridine rings is 1. The minimum atomic E-state index is -0.288. The molecule has 0 radical (unpaired) electrons. The summed E-state index contributed by atoms with van der Waals surface area (Å²) in [4.78, 5) is 16.4. The van der Waals surface area contributed by atoms with Gasteiger partial charge in [0.05, 0.1) is 0 Å². The van der Waals surface area contributed by atoms with Crippen LogP contribution in [0, 0.1) is 5.82 Å². The van der Waals surface area contributed by atoms with E-state index in [4.69, 9.17) is 0 Å². The van der Waals surface area contributed by atoms with Crippen LogP contribution in [0.2, 0.25) is 0 Å². The highest BCUT2D eigenvalue weighted by Crippen LogP contribution is 2.19. The predicted octanol–water partition coefficient (Wildman–Crippen LogP) is 3.82. The molecular weight excluding hydrogens is 291 g/mol. The van der Waals surface area contributed by atoms with Gasteiger partial charge in [-0.25, -0.2) is 4.39 Å². The topological polar surface area (TPSA) is 42.0 Å². The Labute approximate surface area is 133 Å². The lowest BCUT2D eigenvalue weighted by Crippen LogP contribution is -2.22. The van der Waals surface area contributed by atoms with Crippen LogP contribution in [0.25, 0.3) is 11.1 Å². The molecule has 3 aromatic rings. The maximum atomic E-state index is 12.9. The van der Waals surface area contributed by atoms with Gasteiger partial charge in [-0.1, -0.05) is 30.3 Å². The number of carbonyl (C=O) groups excluding carboxylic acids is 1. The first-order valence-corrected chi connectivity index (χ1v) is 7.25. The van der Waals surface area contributed by atoms with Crippen molar-refractivity contribution in [2.24, 2.45) is 0 Å². The predicted molar refractivity (Wildman–Crippen MR) is 87.2 cm³/mol. The van der Waals surface area contributed by atoms with E-state index in [0.717, 1.165) is 16.7 Å². The molecule has 1 heterocycles. The van der Waals surface area contributed by atoms with Crippen LogP contribution in [0.4, 0.5) is 4.39 Å². The number of rotatable bonds is 4. The second kappa shape index (κ2) is 6.83. The molecule has 0 atom stereocenters. The van der Waals surface area contributed by atoms with E-state index in [1.165, 1.54) is 12.1 Å². The number of hydrogen-bond donors (Lipinski definition) is 1. The molecule has 2 aromatic carbocycles. The maximum Gasteiger partial charge on any atom is 0.251 e. The van der Waals surface area contributed by atoms with Crippen LogP contribution in [-0.4, -0.2) is 10.9 Å². The first kappa shape index (κ1) is 14.9. The second-order valence-electron chi connectivity index (χ2n) is 5.13. The number of hydrogen-bond acceptors (Lipinski definition) is 2. The summed E-state index contributed by atoms with van der Waals surface area (Å²) >= 11 is 0. The molecule has 0 aliphatic carbocycles. The van der Waals surface area contributed by atoms with Crippen LogP contribution < -0.4 is 5.32 Å². The molecule has 1 amide bonds. The van der Waals surface area contributed by atoms with Crippen molar-refractivity contribution >= 4 is 5.91 Å². The SMILES string of the molecule is O=C(NCc1ccc(F)cc1)c1cccc(-c2cccnc2)c1. The van der Waals surface area contributed by atoms with E-state index >= 15 is 0 Å². The summed E-state index contributed by atoms with van der Waals surface area (Å²) in [6.07, 6.45) is 3.47. The highest BCUT2D eigenvalue weighted by atomic mass is 19.1. The molecule has 0 spiro atoms. The molecule has 114 valence electrons. The summed E-state index contributed by atoms with van der Waals surface area (Å²) in [5.41, 5.74) is 3.32. The average Bonchev–Trinajstić information content (AvgIpc) is 2.62. The molecule has 0 saturated carbocycles. The van der Waals surface area contributed by atoms with Crippen LogP contribution in [0.15, 0.2) is 73.1 Å². The third kappa shape index (κ3) is 3.80. The van der Waals surface area contributed by atoms with Crippen molar-refractivity contribution in [3.05, 3.63) is 90.0 Å². The van der Waals surface area contributed by atoms with Gasteiger partial charge in [0.1, 0.15) is 5.82 Å². The van der Waals surface area contributed by atoms with E-state index in [2.05, 4.69) is 10.3 Å². The molecular formula is C19H15FN2O. The van der Waals surface area contributed by atoms with Gasteiger partial charge >= 0.3 is 0 Å². The van der Waals surface area contributed by atoms with Gasteiger partial charge in [-0.15, -0.1) is 0 Å². The van der Waals surface area contributed by atoms with E-state index in [1.807, 2.05) is 30.3 Å². The smallest absolute Gasteiger partial charge is 0.251 e. The minimum Gasteiger partial charge on any atom is -0.348 e. The molecule has 0 aliphatic heterocycles. The monoisotopic (exact) mass is 306 g/mol. The Hall–Kier alpha value is -3.01. The lowest BCUT2D eigenvalue weighted by atomic mass is 10.0. The summed E-state index contributed by atoms with van der Waals surface area (Å²) in [7, 11) is 0. The molecule has 0 unspecified atom stereocenters. The quantitative estimate of drug-likeness (QED) is 0.796. The van der Waals surface area contributed by atoms with E-state index in [9.17, 15) is 9.18 Å². The zero-order valence-corrected chi connectivity index (χ0v) is 12.4. The molecule has 0 fully saturated rings. The van der Waals surface area contributed by atoms with Gasteiger partial charge in [0.25, 0.3) is 5.91 Å². The zero-order valence-electron chi connectivity index (χ0n) is 12.4. The number of nitrogens with zero attached hydrogens (tertiary/aromatic N) is 1. The number of amides is 1. The Balaban J connectivity index is 1.71. The Kier molecular flexibility index (Phi) is 4.43. The van der Waals surface area contributed by atoms with Crippen molar-refractivity contribution in [3.63, 3.8) is 0 Å². The standard InChI is InChI=1S/C19H15FN2O/c20-18-8-6-14(7-9-18)12-22-19(23)16-4-1-3-15(11-16)17-5-2-10-21-13-17/h1-11,13H,12H2,(H,22,23). The molecule has 3 nitrogen and oxygen atoms in total. The fourth-order valence-corrected chi connectivity index (χ4v) is 2.26. The minimum absolute atomic E-state index is 0.167. The van der Waals surface area contributed by atoms with Crippen molar-refractivity contribution < 1.29 is 9.18 Å². The Morgan fingerprint density at radius 1 is 1.00 bits per heavy atom. The molecule has 1 aromatic heterocycles.